The van der Waals surface area contributed by atoms with Crippen LogP contribution in [0, 0.1) is 0 Å². The summed E-state index contributed by atoms with van der Waals surface area (Å²) < 4.78 is 28.9. The molecule has 1 saturated heterocycles. The lowest BCUT2D eigenvalue weighted by atomic mass is 9.90. The van der Waals surface area contributed by atoms with Crippen LogP contribution in [0.1, 0.15) is 12.8 Å². The number of carbonyl (C=O) groups excluding carboxylic acids is 1. The molecule has 1 aliphatic rings. The molecule has 5 nitrogen and oxygen atoms in total. The molecule has 1 aliphatic heterocycles. The van der Waals surface area contributed by atoms with Crippen LogP contribution in [0.3, 0.4) is 0 Å². The van der Waals surface area contributed by atoms with E-state index in [0.29, 0.717) is 0 Å². The van der Waals surface area contributed by atoms with E-state index in [-0.39, 0.29) is 26.1 Å². The molecule has 0 aromatic heterocycles. The summed E-state index contributed by atoms with van der Waals surface area (Å²) in [7, 11) is 0. The van der Waals surface area contributed by atoms with Crippen LogP contribution in [0.2, 0.25) is 0 Å². The Morgan fingerprint density at radius 1 is 1.33 bits per heavy atom. The molecule has 0 atom stereocenters. The lowest BCUT2D eigenvalue weighted by Gasteiger charge is -2.33. The van der Waals surface area contributed by atoms with Crippen molar-refractivity contribution in [2.45, 2.75) is 24.8 Å². The molecule has 1 amide bonds. The van der Waals surface area contributed by atoms with Gasteiger partial charge in [-0.25, -0.2) is 4.79 Å². The maximum absolute atomic E-state index is 12.0. The van der Waals surface area contributed by atoms with Gasteiger partial charge in [-0.05, 0) is 0 Å². The van der Waals surface area contributed by atoms with Crippen molar-refractivity contribution in [3.63, 3.8) is 0 Å². The third-order valence-electron chi connectivity index (χ3n) is 2.32. The fourth-order valence-electron chi connectivity index (χ4n) is 1.40. The Morgan fingerprint density at radius 3 is 2.27 bits per heavy atom. The smallest absolute Gasteiger partial charge is 0.329 e. The van der Waals surface area contributed by atoms with Gasteiger partial charge < -0.3 is 15.2 Å². The number of aliphatic carboxylic acids is 1. The molecule has 1 fully saturated rings. The summed E-state index contributed by atoms with van der Waals surface area (Å²) in [5, 5.41) is 10.8. The second-order valence-corrected chi connectivity index (χ2v) is 3.29. The molecule has 0 saturated carbocycles. The van der Waals surface area contributed by atoms with Gasteiger partial charge in [0.25, 0.3) is 5.91 Å². The number of hydrogen-bond donors (Lipinski definition) is 2. The number of hydrogen-bond acceptors (Lipinski definition) is 3. The van der Waals surface area contributed by atoms with Crippen molar-refractivity contribution in [3.05, 3.63) is 0 Å². The Bertz CT molecular complexity index is 263. The maximum Gasteiger partial charge on any atom is 0.329 e. The molecule has 86 valence electrons. The summed E-state index contributed by atoms with van der Waals surface area (Å²) in [6.07, 6.45) is -3.20. The van der Waals surface area contributed by atoms with Crippen molar-refractivity contribution in [1.82, 2.24) is 5.32 Å². The molecule has 0 spiro atoms. The summed E-state index contributed by atoms with van der Waals surface area (Å²) in [5.41, 5.74) is -1.61. The average Bonchev–Trinajstić information content (AvgIpc) is 2.18. The number of carboxylic acids is 1. The van der Waals surface area contributed by atoms with Gasteiger partial charge in [-0.1, -0.05) is 0 Å². The number of ether oxygens (including phenoxy) is 1. The van der Waals surface area contributed by atoms with Gasteiger partial charge in [-0.3, -0.25) is 4.79 Å². The van der Waals surface area contributed by atoms with Crippen LogP contribution >= 0.6 is 0 Å². The predicted molar refractivity (Wildman–Crippen MR) is 44.6 cm³/mol. The third-order valence-corrected chi connectivity index (χ3v) is 2.32. The van der Waals surface area contributed by atoms with Gasteiger partial charge in [-0.2, -0.15) is 8.78 Å². The topological polar surface area (TPSA) is 75.6 Å². The summed E-state index contributed by atoms with van der Waals surface area (Å²) >= 11 is 0. The lowest BCUT2D eigenvalue weighted by Crippen LogP contribution is -2.58. The number of halogens is 2. The zero-order valence-electron chi connectivity index (χ0n) is 7.83. The van der Waals surface area contributed by atoms with Gasteiger partial charge in [0.15, 0.2) is 0 Å². The number of carbonyl (C=O) groups is 2. The van der Waals surface area contributed by atoms with E-state index in [1.54, 1.807) is 0 Å². The molecule has 0 aliphatic carbocycles. The Hall–Kier alpha value is -1.24. The second kappa shape index (κ2) is 4.52. The highest BCUT2D eigenvalue weighted by Gasteiger charge is 2.42. The molecule has 0 radical (unpaired) electrons. The minimum Gasteiger partial charge on any atom is -0.480 e. The van der Waals surface area contributed by atoms with Gasteiger partial charge in [0.05, 0.1) is 0 Å². The SMILES string of the molecule is O=C(NC1(C(=O)O)CCOCC1)C(F)F. The molecule has 15 heavy (non-hydrogen) atoms. The molecule has 1 heterocycles. The van der Waals surface area contributed by atoms with Gasteiger partial charge in [-0.15, -0.1) is 0 Å². The Balaban J connectivity index is 2.73. The molecular weight excluding hydrogens is 212 g/mol. The van der Waals surface area contributed by atoms with Crippen LogP contribution in [0.25, 0.3) is 0 Å². The molecule has 2 N–H and O–H groups in total. The normalized spacial score (nSPS) is 19.9. The van der Waals surface area contributed by atoms with Crippen LogP contribution in [0.15, 0.2) is 0 Å². The van der Waals surface area contributed by atoms with E-state index in [1.165, 1.54) is 0 Å². The van der Waals surface area contributed by atoms with Gasteiger partial charge in [0.1, 0.15) is 5.54 Å². The summed E-state index contributed by atoms with van der Waals surface area (Å²) in [6.45, 7) is 0.269. The van der Waals surface area contributed by atoms with Crippen molar-refractivity contribution in [3.8, 4) is 0 Å². The van der Waals surface area contributed by atoms with Gasteiger partial charge in [0.2, 0.25) is 0 Å². The van der Waals surface area contributed by atoms with Gasteiger partial charge >= 0.3 is 12.4 Å². The highest BCUT2D eigenvalue weighted by molar-refractivity contribution is 5.88. The maximum atomic E-state index is 12.0. The fraction of sp³-hybridized carbons (Fsp3) is 0.750. The van der Waals surface area contributed by atoms with E-state index in [4.69, 9.17) is 9.84 Å². The number of alkyl halides is 2. The first-order valence-corrected chi connectivity index (χ1v) is 4.39. The first-order valence-electron chi connectivity index (χ1n) is 4.39. The van der Waals surface area contributed by atoms with Crippen molar-refractivity contribution in [2.75, 3.05) is 13.2 Å². The van der Waals surface area contributed by atoms with Crippen molar-refractivity contribution in [2.24, 2.45) is 0 Å². The Labute approximate surface area is 84.4 Å². The summed E-state index contributed by atoms with van der Waals surface area (Å²) in [6, 6.07) is 0. The van der Waals surface area contributed by atoms with E-state index in [2.05, 4.69) is 0 Å². The summed E-state index contributed by atoms with van der Waals surface area (Å²) in [5.74, 6) is -2.86. The predicted octanol–water partition coefficient (Wildman–Crippen LogP) is 0.00150. The quantitative estimate of drug-likeness (QED) is 0.706. The zero-order valence-corrected chi connectivity index (χ0v) is 7.83. The molecule has 0 bridgehead atoms. The average molecular weight is 223 g/mol. The number of carboxylic acid groups (broad SMARTS) is 1. The van der Waals surface area contributed by atoms with E-state index >= 15 is 0 Å². The van der Waals surface area contributed by atoms with Crippen LogP contribution < -0.4 is 5.32 Å². The highest BCUT2D eigenvalue weighted by atomic mass is 19.3. The van der Waals surface area contributed by atoms with Crippen molar-refractivity contribution in [1.29, 1.82) is 0 Å². The van der Waals surface area contributed by atoms with Crippen molar-refractivity contribution < 1.29 is 28.2 Å². The van der Waals surface area contributed by atoms with Crippen molar-refractivity contribution >= 4 is 11.9 Å². The molecule has 0 aromatic rings. The van der Waals surface area contributed by atoms with E-state index in [0.717, 1.165) is 0 Å². The minimum absolute atomic E-state index is 0.000787. The zero-order chi connectivity index (χ0) is 11.5. The lowest BCUT2D eigenvalue weighted by molar-refractivity contribution is -0.154. The van der Waals surface area contributed by atoms with Crippen LogP contribution in [0.4, 0.5) is 8.78 Å². The highest BCUT2D eigenvalue weighted by Crippen LogP contribution is 2.21. The number of rotatable bonds is 3. The number of amides is 1. The second-order valence-electron chi connectivity index (χ2n) is 3.29. The first kappa shape index (κ1) is 11.8. The minimum atomic E-state index is -3.20. The van der Waals surface area contributed by atoms with Crippen LogP contribution in [-0.2, 0) is 14.3 Å². The molecular formula is C8H11F2NO4. The molecule has 0 aromatic carbocycles. The first-order chi connectivity index (χ1) is 6.98. The molecule has 0 unspecified atom stereocenters. The van der Waals surface area contributed by atoms with E-state index in [9.17, 15) is 18.4 Å². The van der Waals surface area contributed by atoms with E-state index in [1.807, 2.05) is 5.32 Å². The van der Waals surface area contributed by atoms with E-state index < -0.39 is 23.8 Å². The number of nitrogens with one attached hydrogen (secondary N) is 1. The van der Waals surface area contributed by atoms with Crippen LogP contribution in [-0.4, -0.2) is 42.2 Å². The van der Waals surface area contributed by atoms with Gasteiger partial charge in [0, 0.05) is 26.1 Å². The Morgan fingerprint density at radius 2 is 1.87 bits per heavy atom. The monoisotopic (exact) mass is 223 g/mol. The standard InChI is InChI=1S/C8H11F2NO4/c9-5(10)6(12)11-8(7(13)14)1-3-15-4-2-8/h5H,1-4H2,(H,11,12)(H,13,14). The molecule has 1 rings (SSSR count). The van der Waals surface area contributed by atoms with Crippen LogP contribution in [0.5, 0.6) is 0 Å². The largest absolute Gasteiger partial charge is 0.480 e. The molecule has 7 heteroatoms. The fourth-order valence-corrected chi connectivity index (χ4v) is 1.40. The third kappa shape index (κ3) is 2.62. The summed E-state index contributed by atoms with van der Waals surface area (Å²) in [4.78, 5) is 21.7. The Kier molecular flexibility index (Phi) is 3.57.